The van der Waals surface area contributed by atoms with Gasteiger partial charge in [-0.2, -0.15) is 0 Å². The topological polar surface area (TPSA) is 17.1 Å². The number of ketones is 1. The first kappa shape index (κ1) is 13.3. The van der Waals surface area contributed by atoms with E-state index in [2.05, 4.69) is 15.9 Å². The number of carbonyl (C=O) groups is 1. The van der Waals surface area contributed by atoms with Crippen LogP contribution in [0.3, 0.4) is 0 Å². The molecule has 3 heteroatoms. The van der Waals surface area contributed by atoms with Gasteiger partial charge in [-0.15, -0.1) is 0 Å². The van der Waals surface area contributed by atoms with Crippen molar-refractivity contribution >= 4 is 33.3 Å². The van der Waals surface area contributed by atoms with Gasteiger partial charge in [0.2, 0.25) is 0 Å². The molecule has 0 aliphatic carbocycles. The third-order valence-corrected chi connectivity index (χ3v) is 3.35. The van der Waals surface area contributed by atoms with Crippen LogP contribution in [0.15, 0.2) is 46.9 Å². The lowest BCUT2D eigenvalue weighted by Gasteiger charge is -2.04. The number of hydrogen-bond donors (Lipinski definition) is 0. The van der Waals surface area contributed by atoms with Crippen LogP contribution in [0, 0.1) is 6.92 Å². The van der Waals surface area contributed by atoms with Crippen LogP contribution in [-0.4, -0.2) is 5.78 Å². The van der Waals surface area contributed by atoms with Crippen molar-refractivity contribution in [1.82, 2.24) is 0 Å². The smallest absolute Gasteiger partial charge is 0.167 e. The number of aryl methyl sites for hydroxylation is 1. The Balaban J connectivity index is 2.19. The zero-order valence-corrected chi connectivity index (χ0v) is 12.3. The van der Waals surface area contributed by atoms with Crippen molar-refractivity contribution in [3.05, 3.63) is 68.7 Å². The van der Waals surface area contributed by atoms with Crippen molar-refractivity contribution in [3.8, 4) is 0 Å². The maximum Gasteiger partial charge on any atom is 0.167 e. The van der Waals surface area contributed by atoms with Gasteiger partial charge in [-0.3, -0.25) is 4.79 Å². The zero-order chi connectivity index (χ0) is 13.1. The third-order valence-electron chi connectivity index (χ3n) is 2.64. The summed E-state index contributed by atoms with van der Waals surface area (Å²) in [5.74, 6) is 0.113. The highest BCUT2D eigenvalue weighted by atomic mass is 79.9. The van der Waals surface area contributed by atoms with Crippen molar-refractivity contribution in [1.29, 1.82) is 0 Å². The van der Waals surface area contributed by atoms with Gasteiger partial charge < -0.3 is 0 Å². The molecule has 0 saturated carbocycles. The van der Waals surface area contributed by atoms with E-state index in [-0.39, 0.29) is 5.78 Å². The molecule has 2 rings (SSSR count). The van der Waals surface area contributed by atoms with Gasteiger partial charge in [0.1, 0.15) is 0 Å². The number of Topliss-reactive ketones (excluding diaryl/α,β-unsaturated/α-hetero) is 1. The van der Waals surface area contributed by atoms with Crippen molar-refractivity contribution < 1.29 is 4.79 Å². The Bertz CT molecular complexity index is 555. The van der Waals surface area contributed by atoms with Crippen molar-refractivity contribution in [3.63, 3.8) is 0 Å². The van der Waals surface area contributed by atoms with Gasteiger partial charge in [-0.25, -0.2) is 0 Å². The molecule has 0 radical (unpaired) electrons. The van der Waals surface area contributed by atoms with E-state index in [1.807, 2.05) is 37.3 Å². The summed E-state index contributed by atoms with van der Waals surface area (Å²) in [5.41, 5.74) is 2.78. The van der Waals surface area contributed by atoms with E-state index < -0.39 is 0 Å². The lowest BCUT2D eigenvalue weighted by atomic mass is 10.0. The Hall–Kier alpha value is -1.12. The fraction of sp³-hybridized carbons (Fsp3) is 0.133. The summed E-state index contributed by atoms with van der Waals surface area (Å²) in [7, 11) is 0. The molecule has 0 fully saturated rings. The summed E-state index contributed by atoms with van der Waals surface area (Å²) in [5, 5.41) is 0.685. The number of benzene rings is 2. The molecule has 0 atom stereocenters. The van der Waals surface area contributed by atoms with E-state index >= 15 is 0 Å². The van der Waals surface area contributed by atoms with E-state index in [4.69, 9.17) is 11.6 Å². The first-order chi connectivity index (χ1) is 8.54. The fourth-order valence-corrected chi connectivity index (χ4v) is 2.52. The van der Waals surface area contributed by atoms with Crippen molar-refractivity contribution in [2.45, 2.75) is 13.3 Å². The number of rotatable bonds is 3. The van der Waals surface area contributed by atoms with E-state index in [0.717, 1.165) is 21.2 Å². The quantitative estimate of drug-likeness (QED) is 0.739. The van der Waals surface area contributed by atoms with Gasteiger partial charge in [0.25, 0.3) is 0 Å². The van der Waals surface area contributed by atoms with E-state index in [0.29, 0.717) is 11.4 Å². The molecule has 0 N–H and O–H groups in total. The fourth-order valence-electron chi connectivity index (χ4n) is 1.79. The molecule has 1 nitrogen and oxygen atoms in total. The molecule has 18 heavy (non-hydrogen) atoms. The molecular formula is C15H12BrClO. The van der Waals surface area contributed by atoms with Gasteiger partial charge in [0, 0.05) is 21.5 Å². The summed E-state index contributed by atoms with van der Waals surface area (Å²) in [6.45, 7) is 1.98. The van der Waals surface area contributed by atoms with E-state index in [1.54, 1.807) is 12.1 Å². The highest BCUT2D eigenvalue weighted by molar-refractivity contribution is 9.10. The average molecular weight is 324 g/mol. The van der Waals surface area contributed by atoms with E-state index in [9.17, 15) is 4.79 Å². The second kappa shape index (κ2) is 5.68. The maximum atomic E-state index is 12.1. The van der Waals surface area contributed by atoms with Crippen molar-refractivity contribution in [2.24, 2.45) is 0 Å². The molecule has 0 heterocycles. The molecule has 0 aliphatic rings. The molecule has 0 unspecified atom stereocenters. The molecule has 0 bridgehead atoms. The van der Waals surface area contributed by atoms with Crippen LogP contribution in [0.4, 0.5) is 0 Å². The predicted octanol–water partition coefficient (Wildman–Crippen LogP) is 4.84. The average Bonchev–Trinajstić information content (AvgIpc) is 2.31. The first-order valence-electron chi connectivity index (χ1n) is 5.59. The first-order valence-corrected chi connectivity index (χ1v) is 6.76. The minimum Gasteiger partial charge on any atom is -0.294 e. The normalized spacial score (nSPS) is 10.4. The summed E-state index contributed by atoms with van der Waals surface area (Å²) in [6, 6.07) is 13.1. The molecule has 92 valence electrons. The maximum absolute atomic E-state index is 12.1. The summed E-state index contributed by atoms with van der Waals surface area (Å²) in [4.78, 5) is 12.1. The highest BCUT2D eigenvalue weighted by Gasteiger charge is 2.08. The molecule has 0 amide bonds. The standard InChI is InChI=1S/C15H12BrClO/c1-10-6-12(9-13(16)7-10)15(18)8-11-2-4-14(17)5-3-11/h2-7,9H,8H2,1H3. The van der Waals surface area contributed by atoms with Crippen LogP contribution in [-0.2, 0) is 6.42 Å². The largest absolute Gasteiger partial charge is 0.294 e. The van der Waals surface area contributed by atoms with Crippen LogP contribution >= 0.6 is 27.5 Å². The Kier molecular flexibility index (Phi) is 4.20. The highest BCUT2D eigenvalue weighted by Crippen LogP contribution is 2.18. The Labute approximate surface area is 120 Å². The second-order valence-electron chi connectivity index (χ2n) is 4.24. The van der Waals surface area contributed by atoms with Gasteiger partial charge in [-0.05, 0) is 48.4 Å². The zero-order valence-electron chi connectivity index (χ0n) is 9.91. The Morgan fingerprint density at radius 1 is 1.17 bits per heavy atom. The summed E-state index contributed by atoms with van der Waals surface area (Å²) < 4.78 is 0.932. The Morgan fingerprint density at radius 2 is 1.83 bits per heavy atom. The molecule has 0 spiro atoms. The number of carbonyl (C=O) groups excluding carboxylic acids is 1. The molecule has 0 aromatic heterocycles. The minimum atomic E-state index is 0.113. The Morgan fingerprint density at radius 3 is 2.44 bits per heavy atom. The van der Waals surface area contributed by atoms with Crippen LogP contribution in [0.5, 0.6) is 0 Å². The second-order valence-corrected chi connectivity index (χ2v) is 5.60. The van der Waals surface area contributed by atoms with Crippen LogP contribution in [0.1, 0.15) is 21.5 Å². The lowest BCUT2D eigenvalue weighted by Crippen LogP contribution is -2.03. The van der Waals surface area contributed by atoms with Gasteiger partial charge in [0.05, 0.1) is 0 Å². The van der Waals surface area contributed by atoms with E-state index in [1.165, 1.54) is 0 Å². The van der Waals surface area contributed by atoms with Gasteiger partial charge in [0.15, 0.2) is 5.78 Å². The molecule has 2 aromatic rings. The molecule has 0 aliphatic heterocycles. The van der Waals surface area contributed by atoms with Crippen LogP contribution in [0.25, 0.3) is 0 Å². The number of hydrogen-bond acceptors (Lipinski definition) is 1. The minimum absolute atomic E-state index is 0.113. The summed E-state index contributed by atoms with van der Waals surface area (Å²) in [6.07, 6.45) is 0.396. The SMILES string of the molecule is Cc1cc(Br)cc(C(=O)Cc2ccc(Cl)cc2)c1. The van der Waals surface area contributed by atoms with Gasteiger partial charge in [-0.1, -0.05) is 39.7 Å². The lowest BCUT2D eigenvalue weighted by molar-refractivity contribution is 0.0993. The monoisotopic (exact) mass is 322 g/mol. The van der Waals surface area contributed by atoms with Gasteiger partial charge >= 0.3 is 0 Å². The molecule has 2 aromatic carbocycles. The number of halogens is 2. The van der Waals surface area contributed by atoms with Crippen LogP contribution < -0.4 is 0 Å². The molecule has 0 saturated heterocycles. The summed E-state index contributed by atoms with van der Waals surface area (Å²) >= 11 is 9.22. The third kappa shape index (κ3) is 3.44. The van der Waals surface area contributed by atoms with Crippen LogP contribution in [0.2, 0.25) is 5.02 Å². The molecular weight excluding hydrogens is 312 g/mol. The predicted molar refractivity (Wildman–Crippen MR) is 78.4 cm³/mol. The van der Waals surface area contributed by atoms with Crippen molar-refractivity contribution in [2.75, 3.05) is 0 Å².